The first-order valence-corrected chi connectivity index (χ1v) is 6.73. The van der Waals surface area contributed by atoms with Gasteiger partial charge in [-0.25, -0.2) is 4.79 Å². The van der Waals surface area contributed by atoms with Crippen LogP contribution >= 0.6 is 0 Å². The number of carbonyl (C=O) groups excluding carboxylic acids is 2. The van der Waals surface area contributed by atoms with Crippen molar-refractivity contribution < 1.29 is 14.3 Å². The number of urea groups is 1. The van der Waals surface area contributed by atoms with E-state index in [4.69, 9.17) is 4.74 Å². The Morgan fingerprint density at radius 2 is 1.95 bits per heavy atom. The van der Waals surface area contributed by atoms with Crippen LogP contribution in [-0.4, -0.2) is 29.5 Å². The topological polar surface area (TPSA) is 58.6 Å². The Bertz CT molecular complexity index is 588. The lowest BCUT2D eigenvalue weighted by molar-refractivity contribution is -0.122. The lowest BCUT2D eigenvalue weighted by atomic mass is 10.2. The third-order valence-corrected chi connectivity index (χ3v) is 2.84. The molecule has 0 aromatic heterocycles. The lowest BCUT2D eigenvalue weighted by Crippen LogP contribution is -2.30. The maximum atomic E-state index is 12.0. The number of benzene rings is 1. The molecule has 0 radical (unpaired) electrons. The summed E-state index contributed by atoms with van der Waals surface area (Å²) >= 11 is 0. The molecule has 2 rings (SSSR count). The Kier molecular flexibility index (Phi) is 4.42. The highest BCUT2D eigenvalue weighted by atomic mass is 16.5. The fraction of sp³-hybridized carbons (Fsp3) is 0.250. The minimum Gasteiger partial charge on any atom is -0.491 e. The summed E-state index contributed by atoms with van der Waals surface area (Å²) in [5.41, 5.74) is 1.08. The molecule has 21 heavy (non-hydrogen) atoms. The van der Waals surface area contributed by atoms with Gasteiger partial charge in [-0.3, -0.25) is 9.69 Å². The van der Waals surface area contributed by atoms with Gasteiger partial charge in [0.05, 0.1) is 6.10 Å². The SMILES string of the molecule is C=CCN1C(=O)N/C(=C\c2ccc(OC(C)C)cc2)C1=O. The predicted octanol–water partition coefficient (Wildman–Crippen LogP) is 2.55. The van der Waals surface area contributed by atoms with Gasteiger partial charge in [-0.1, -0.05) is 18.2 Å². The molecule has 0 unspecified atom stereocenters. The minimum absolute atomic E-state index is 0.109. The second-order valence-corrected chi connectivity index (χ2v) is 4.93. The van der Waals surface area contributed by atoms with E-state index in [0.29, 0.717) is 0 Å². The number of nitrogens with one attached hydrogen (secondary N) is 1. The molecule has 1 aliphatic rings. The van der Waals surface area contributed by atoms with Gasteiger partial charge in [0.1, 0.15) is 11.4 Å². The van der Waals surface area contributed by atoms with Crippen molar-refractivity contribution in [3.63, 3.8) is 0 Å². The van der Waals surface area contributed by atoms with Crippen LogP contribution in [0.1, 0.15) is 19.4 Å². The molecule has 1 N–H and O–H groups in total. The molecule has 5 heteroatoms. The molecule has 0 saturated carbocycles. The van der Waals surface area contributed by atoms with E-state index < -0.39 is 6.03 Å². The van der Waals surface area contributed by atoms with Crippen LogP contribution in [0.4, 0.5) is 4.79 Å². The molecular formula is C16H18N2O3. The average Bonchev–Trinajstić information content (AvgIpc) is 2.69. The largest absolute Gasteiger partial charge is 0.491 e. The van der Waals surface area contributed by atoms with Crippen LogP contribution in [0, 0.1) is 0 Å². The van der Waals surface area contributed by atoms with Crippen LogP contribution in [0.3, 0.4) is 0 Å². The number of rotatable bonds is 5. The Morgan fingerprint density at radius 3 is 2.52 bits per heavy atom. The molecule has 1 aliphatic heterocycles. The van der Waals surface area contributed by atoms with E-state index in [2.05, 4.69) is 11.9 Å². The average molecular weight is 286 g/mol. The Labute approximate surface area is 123 Å². The van der Waals surface area contributed by atoms with E-state index in [0.717, 1.165) is 16.2 Å². The molecule has 1 aromatic carbocycles. The van der Waals surface area contributed by atoms with Crippen molar-refractivity contribution in [1.29, 1.82) is 0 Å². The summed E-state index contributed by atoms with van der Waals surface area (Å²) < 4.78 is 5.55. The number of ether oxygens (including phenoxy) is 1. The van der Waals surface area contributed by atoms with Crippen molar-refractivity contribution in [1.82, 2.24) is 10.2 Å². The highest BCUT2D eigenvalue weighted by molar-refractivity contribution is 6.14. The quantitative estimate of drug-likeness (QED) is 0.514. The number of hydrogen-bond donors (Lipinski definition) is 1. The van der Waals surface area contributed by atoms with Crippen LogP contribution < -0.4 is 10.1 Å². The first kappa shape index (κ1) is 14.8. The monoisotopic (exact) mass is 286 g/mol. The summed E-state index contributed by atoms with van der Waals surface area (Å²) in [5.74, 6) is 0.421. The number of hydrogen-bond acceptors (Lipinski definition) is 3. The van der Waals surface area contributed by atoms with Gasteiger partial charge < -0.3 is 10.1 Å². The third-order valence-electron chi connectivity index (χ3n) is 2.84. The van der Waals surface area contributed by atoms with Gasteiger partial charge >= 0.3 is 6.03 Å². The van der Waals surface area contributed by atoms with Gasteiger partial charge in [-0.2, -0.15) is 0 Å². The van der Waals surface area contributed by atoms with Crippen molar-refractivity contribution >= 4 is 18.0 Å². The van der Waals surface area contributed by atoms with E-state index in [1.165, 1.54) is 6.08 Å². The van der Waals surface area contributed by atoms with Crippen molar-refractivity contribution in [3.05, 3.63) is 48.2 Å². The standard InChI is InChI=1S/C16H18N2O3/c1-4-9-18-15(19)14(17-16(18)20)10-12-5-7-13(8-6-12)21-11(2)3/h4-8,10-11H,1,9H2,2-3H3,(H,17,20)/b14-10-. The molecule has 0 bridgehead atoms. The first-order valence-electron chi connectivity index (χ1n) is 6.73. The molecule has 0 aliphatic carbocycles. The molecule has 3 amide bonds. The van der Waals surface area contributed by atoms with E-state index in [1.54, 1.807) is 6.08 Å². The maximum absolute atomic E-state index is 12.0. The zero-order valence-corrected chi connectivity index (χ0v) is 12.1. The molecule has 0 spiro atoms. The summed E-state index contributed by atoms with van der Waals surface area (Å²) in [5, 5.41) is 2.55. The third kappa shape index (κ3) is 3.51. The van der Waals surface area contributed by atoms with E-state index in [1.807, 2.05) is 38.1 Å². The summed E-state index contributed by atoms with van der Waals surface area (Å²) in [6.45, 7) is 7.64. The number of carbonyl (C=O) groups is 2. The fourth-order valence-electron chi connectivity index (χ4n) is 1.95. The predicted molar refractivity (Wildman–Crippen MR) is 80.6 cm³/mol. The molecular weight excluding hydrogens is 268 g/mol. The van der Waals surface area contributed by atoms with E-state index >= 15 is 0 Å². The van der Waals surface area contributed by atoms with Gasteiger partial charge in [0, 0.05) is 6.54 Å². The Morgan fingerprint density at radius 1 is 1.29 bits per heavy atom. The number of imide groups is 1. The smallest absolute Gasteiger partial charge is 0.329 e. The normalized spacial score (nSPS) is 16.5. The van der Waals surface area contributed by atoms with Crippen molar-refractivity contribution in [2.45, 2.75) is 20.0 Å². The second kappa shape index (κ2) is 6.26. The second-order valence-electron chi connectivity index (χ2n) is 4.93. The Balaban J connectivity index is 2.15. The van der Waals surface area contributed by atoms with E-state index in [-0.39, 0.29) is 24.3 Å². The van der Waals surface area contributed by atoms with Crippen molar-refractivity contribution in [3.8, 4) is 5.75 Å². The highest BCUT2D eigenvalue weighted by Gasteiger charge is 2.32. The van der Waals surface area contributed by atoms with Gasteiger partial charge in [-0.15, -0.1) is 6.58 Å². The zero-order chi connectivity index (χ0) is 15.4. The van der Waals surface area contributed by atoms with Crippen LogP contribution in [0.25, 0.3) is 6.08 Å². The molecule has 1 aromatic rings. The summed E-state index contributed by atoms with van der Waals surface area (Å²) in [4.78, 5) is 24.8. The molecule has 1 fully saturated rings. The first-order chi connectivity index (χ1) is 10.0. The molecule has 5 nitrogen and oxygen atoms in total. The number of nitrogens with zero attached hydrogens (tertiary/aromatic N) is 1. The zero-order valence-electron chi connectivity index (χ0n) is 12.1. The molecule has 1 heterocycles. The van der Waals surface area contributed by atoms with Crippen LogP contribution in [-0.2, 0) is 4.79 Å². The van der Waals surface area contributed by atoms with Gasteiger partial charge in [-0.05, 0) is 37.6 Å². The van der Waals surface area contributed by atoms with Gasteiger partial charge in [0.25, 0.3) is 5.91 Å². The van der Waals surface area contributed by atoms with E-state index in [9.17, 15) is 9.59 Å². The summed E-state index contributed by atoms with van der Waals surface area (Å²) in [6.07, 6.45) is 3.26. The maximum Gasteiger partial charge on any atom is 0.329 e. The summed E-state index contributed by atoms with van der Waals surface area (Å²) in [7, 11) is 0. The van der Waals surface area contributed by atoms with Gasteiger partial charge in [0.2, 0.25) is 0 Å². The molecule has 110 valence electrons. The molecule has 0 atom stereocenters. The van der Waals surface area contributed by atoms with Crippen LogP contribution in [0.5, 0.6) is 5.75 Å². The lowest BCUT2D eigenvalue weighted by Gasteiger charge is -2.09. The van der Waals surface area contributed by atoms with Crippen molar-refractivity contribution in [2.75, 3.05) is 6.54 Å². The highest BCUT2D eigenvalue weighted by Crippen LogP contribution is 2.18. The minimum atomic E-state index is -0.425. The Hall–Kier alpha value is -2.56. The summed E-state index contributed by atoms with van der Waals surface area (Å²) in [6, 6.07) is 6.90. The van der Waals surface area contributed by atoms with Crippen LogP contribution in [0.15, 0.2) is 42.6 Å². The van der Waals surface area contributed by atoms with Crippen LogP contribution in [0.2, 0.25) is 0 Å². The molecule has 1 saturated heterocycles. The fourth-order valence-corrected chi connectivity index (χ4v) is 1.95. The van der Waals surface area contributed by atoms with Crippen molar-refractivity contribution in [2.24, 2.45) is 0 Å². The van der Waals surface area contributed by atoms with Gasteiger partial charge in [0.15, 0.2) is 0 Å². The number of amides is 3.